The van der Waals surface area contributed by atoms with Crippen LogP contribution in [0.3, 0.4) is 0 Å². The van der Waals surface area contributed by atoms with Crippen LogP contribution in [-0.4, -0.2) is 46.5 Å². The second-order valence-corrected chi connectivity index (χ2v) is 2.43. The molecule has 0 bridgehead atoms. The van der Waals surface area contributed by atoms with Crippen LogP contribution in [0, 0.1) is 0 Å². The Morgan fingerprint density at radius 1 is 1.36 bits per heavy atom. The number of nitrogens with one attached hydrogen (secondary N) is 1. The first-order chi connectivity index (χ1) is 5.20. The van der Waals surface area contributed by atoms with E-state index in [1.54, 1.807) is 0 Å². The van der Waals surface area contributed by atoms with Gasteiger partial charge in [0.15, 0.2) is 0 Å². The fourth-order valence-corrected chi connectivity index (χ4v) is 1.04. The topological polar surface area (TPSA) is 108 Å². The lowest BCUT2D eigenvalue weighted by Crippen LogP contribution is -2.44. The summed E-state index contributed by atoms with van der Waals surface area (Å²) in [7, 11) is 0. The fourth-order valence-electron chi connectivity index (χ4n) is 1.04. The largest absolute Gasteiger partial charge is 0.394 e. The maximum absolute atomic E-state index is 9.13. The summed E-state index contributed by atoms with van der Waals surface area (Å²) in [6.07, 6.45) is -3.73. The highest BCUT2D eigenvalue weighted by Crippen LogP contribution is 2.18. The number of rotatable bonds is 2. The zero-order valence-electron chi connectivity index (χ0n) is 5.84. The van der Waals surface area contributed by atoms with Gasteiger partial charge in [-0.25, -0.2) is 5.43 Å². The van der Waals surface area contributed by atoms with Crippen LogP contribution < -0.4 is 11.3 Å². The molecule has 1 aliphatic rings. The molecule has 4 atom stereocenters. The van der Waals surface area contributed by atoms with Crippen LogP contribution >= 0.6 is 0 Å². The highest BCUT2D eigenvalue weighted by Gasteiger charge is 2.41. The van der Waals surface area contributed by atoms with Crippen LogP contribution in [0.2, 0.25) is 0 Å². The molecule has 0 amide bonds. The summed E-state index contributed by atoms with van der Waals surface area (Å²) in [5.74, 6) is 4.98. The van der Waals surface area contributed by atoms with Crippen LogP contribution in [0.1, 0.15) is 0 Å². The predicted octanol–water partition coefficient (Wildman–Crippen LogP) is -3.11. The first kappa shape index (κ1) is 8.85. The monoisotopic (exact) mass is 164 g/mol. The Hall–Kier alpha value is -0.240. The Morgan fingerprint density at radius 3 is 2.27 bits per heavy atom. The van der Waals surface area contributed by atoms with Crippen molar-refractivity contribution in [2.24, 2.45) is 5.84 Å². The smallest absolute Gasteiger partial charge is 0.149 e. The van der Waals surface area contributed by atoms with Gasteiger partial charge in [-0.3, -0.25) is 5.84 Å². The van der Waals surface area contributed by atoms with Gasteiger partial charge in [0.25, 0.3) is 0 Å². The predicted molar refractivity (Wildman–Crippen MR) is 35.1 cm³/mol. The lowest BCUT2D eigenvalue weighted by atomic mass is 10.1. The molecule has 0 aromatic rings. The van der Waals surface area contributed by atoms with Crippen LogP contribution in [0.15, 0.2) is 0 Å². The molecule has 66 valence electrons. The summed E-state index contributed by atoms with van der Waals surface area (Å²) in [5, 5.41) is 26.9. The summed E-state index contributed by atoms with van der Waals surface area (Å²) in [6.45, 7) is -0.337. The van der Waals surface area contributed by atoms with Crippen molar-refractivity contribution >= 4 is 0 Å². The molecule has 0 aromatic carbocycles. The molecule has 6 heteroatoms. The van der Waals surface area contributed by atoms with E-state index in [1.807, 2.05) is 0 Å². The third-order valence-corrected chi connectivity index (χ3v) is 1.71. The maximum atomic E-state index is 9.13. The van der Waals surface area contributed by atoms with E-state index in [4.69, 9.17) is 25.9 Å². The Kier molecular flexibility index (Phi) is 2.77. The van der Waals surface area contributed by atoms with Gasteiger partial charge in [0.2, 0.25) is 0 Å². The molecule has 1 saturated heterocycles. The maximum Gasteiger partial charge on any atom is 0.149 e. The summed E-state index contributed by atoms with van der Waals surface area (Å²) in [5.41, 5.74) is 2.17. The normalized spacial score (nSPS) is 44.7. The van der Waals surface area contributed by atoms with Gasteiger partial charge in [0, 0.05) is 0 Å². The van der Waals surface area contributed by atoms with Gasteiger partial charge in [-0.05, 0) is 0 Å². The minimum atomic E-state index is -1.09. The first-order valence-electron chi connectivity index (χ1n) is 3.29. The van der Waals surface area contributed by atoms with E-state index in [2.05, 4.69) is 5.43 Å². The molecule has 0 aromatic heterocycles. The lowest BCUT2D eigenvalue weighted by molar-refractivity contribution is -0.0330. The average molecular weight is 164 g/mol. The van der Waals surface area contributed by atoms with E-state index in [9.17, 15) is 0 Å². The van der Waals surface area contributed by atoms with Gasteiger partial charge < -0.3 is 20.1 Å². The second kappa shape index (κ2) is 3.44. The standard InChI is InChI=1S/C5H12N2O4/c6-7-5-4(10)3(9)2(1-8)11-5/h2-5,7-10H,1,6H2/t2-,3-,4-,5-/m1/s1. The van der Waals surface area contributed by atoms with Crippen molar-refractivity contribution in [2.75, 3.05) is 6.61 Å². The highest BCUT2D eigenvalue weighted by atomic mass is 16.6. The second-order valence-electron chi connectivity index (χ2n) is 2.43. The molecule has 1 heterocycles. The van der Waals surface area contributed by atoms with Crippen LogP contribution in [0.4, 0.5) is 0 Å². The van der Waals surface area contributed by atoms with Gasteiger partial charge in [-0.2, -0.15) is 0 Å². The number of hydrogen-bond donors (Lipinski definition) is 5. The molecule has 1 rings (SSSR count). The number of hydrazine groups is 1. The van der Waals surface area contributed by atoms with Crippen molar-refractivity contribution in [2.45, 2.75) is 24.5 Å². The van der Waals surface area contributed by atoms with Crippen LogP contribution in [0.25, 0.3) is 0 Å². The molecular formula is C5H12N2O4. The number of nitrogens with two attached hydrogens (primary N) is 1. The molecule has 0 unspecified atom stereocenters. The molecule has 11 heavy (non-hydrogen) atoms. The van der Waals surface area contributed by atoms with E-state index >= 15 is 0 Å². The van der Waals surface area contributed by atoms with Crippen molar-refractivity contribution in [3.63, 3.8) is 0 Å². The van der Waals surface area contributed by atoms with Gasteiger partial charge in [0.05, 0.1) is 6.61 Å². The van der Waals surface area contributed by atoms with E-state index in [0.717, 1.165) is 0 Å². The summed E-state index contributed by atoms with van der Waals surface area (Å²) >= 11 is 0. The Labute approximate surface area is 63.5 Å². The molecular weight excluding hydrogens is 152 g/mol. The summed E-state index contributed by atoms with van der Waals surface area (Å²) in [4.78, 5) is 0. The number of ether oxygens (including phenoxy) is 1. The highest BCUT2D eigenvalue weighted by molar-refractivity contribution is 4.87. The van der Waals surface area contributed by atoms with E-state index in [1.165, 1.54) is 0 Å². The summed E-state index contributed by atoms with van der Waals surface area (Å²) in [6, 6.07) is 0. The third kappa shape index (κ3) is 1.51. The van der Waals surface area contributed by atoms with Gasteiger partial charge in [-0.15, -0.1) is 0 Å². The summed E-state index contributed by atoms with van der Waals surface area (Å²) < 4.78 is 4.90. The zero-order chi connectivity index (χ0) is 8.43. The average Bonchev–Trinajstić information content (AvgIpc) is 2.30. The van der Waals surface area contributed by atoms with Crippen LogP contribution in [-0.2, 0) is 4.74 Å². The van der Waals surface area contributed by atoms with Crippen molar-refractivity contribution in [1.82, 2.24) is 5.43 Å². The zero-order valence-corrected chi connectivity index (χ0v) is 5.84. The molecule has 0 radical (unpaired) electrons. The van der Waals surface area contributed by atoms with Crippen LogP contribution in [0.5, 0.6) is 0 Å². The van der Waals surface area contributed by atoms with Gasteiger partial charge in [-0.1, -0.05) is 0 Å². The molecule has 1 fully saturated rings. The molecule has 6 N–H and O–H groups in total. The first-order valence-corrected chi connectivity index (χ1v) is 3.29. The number of aliphatic hydroxyl groups excluding tert-OH is 3. The van der Waals surface area contributed by atoms with Crippen molar-refractivity contribution in [1.29, 1.82) is 0 Å². The SMILES string of the molecule is NN[C@@H]1O[C@H](CO)[C@@H](O)[C@H]1O. The van der Waals surface area contributed by atoms with Crippen molar-refractivity contribution < 1.29 is 20.1 Å². The van der Waals surface area contributed by atoms with Crippen molar-refractivity contribution in [3.05, 3.63) is 0 Å². The number of hydrogen-bond acceptors (Lipinski definition) is 6. The minimum absolute atomic E-state index is 0.337. The number of aliphatic hydroxyl groups is 3. The minimum Gasteiger partial charge on any atom is -0.394 e. The Bertz CT molecular complexity index is 116. The van der Waals surface area contributed by atoms with E-state index in [-0.39, 0.29) is 6.61 Å². The quantitative estimate of drug-likeness (QED) is 0.218. The molecule has 6 nitrogen and oxygen atoms in total. The van der Waals surface area contributed by atoms with E-state index < -0.39 is 24.5 Å². The van der Waals surface area contributed by atoms with Crippen molar-refractivity contribution in [3.8, 4) is 0 Å². The molecule has 0 saturated carbocycles. The van der Waals surface area contributed by atoms with E-state index in [0.29, 0.717) is 0 Å². The lowest BCUT2D eigenvalue weighted by Gasteiger charge is -2.11. The molecule has 1 aliphatic heterocycles. The van der Waals surface area contributed by atoms with Gasteiger partial charge in [0.1, 0.15) is 24.5 Å². The Morgan fingerprint density at radius 2 is 2.00 bits per heavy atom. The molecule has 0 spiro atoms. The Balaban J connectivity index is 2.53. The van der Waals surface area contributed by atoms with Gasteiger partial charge >= 0.3 is 0 Å². The third-order valence-electron chi connectivity index (χ3n) is 1.71. The molecule has 0 aliphatic carbocycles. The fraction of sp³-hybridized carbons (Fsp3) is 1.00.